The highest BCUT2D eigenvalue weighted by molar-refractivity contribution is 5.84. The molecule has 160 valence electrons. The molecule has 1 aliphatic heterocycles. The zero-order chi connectivity index (χ0) is 21.6. The average Bonchev–Trinajstić information content (AvgIpc) is 2.80. The zero-order valence-electron chi connectivity index (χ0n) is 18.5. The predicted octanol–water partition coefficient (Wildman–Crippen LogP) is 4.70. The van der Waals surface area contributed by atoms with Crippen molar-refractivity contribution < 1.29 is 4.74 Å². The molecule has 0 saturated carbocycles. The maximum Gasteiger partial charge on any atom is 0.213 e. The molecule has 0 N–H and O–H groups in total. The molecular weight excluding hydrogens is 384 g/mol. The Balaban J connectivity index is 1.20. The minimum absolute atomic E-state index is 0.586. The minimum atomic E-state index is 0.586. The Labute approximate surface area is 184 Å². The summed E-state index contributed by atoms with van der Waals surface area (Å²) < 4.78 is 5.85. The summed E-state index contributed by atoms with van der Waals surface area (Å²) in [5, 5.41) is 10.2. The molecule has 1 saturated heterocycles. The van der Waals surface area contributed by atoms with E-state index in [2.05, 4.69) is 52.9 Å². The van der Waals surface area contributed by atoms with Gasteiger partial charge in [0.15, 0.2) is 0 Å². The summed E-state index contributed by atoms with van der Waals surface area (Å²) in [5.41, 5.74) is 5.45. The SMILES string of the molecule is Cc1cccc(N2CCN(CCCCOc3ccc4cccc(C#N)c4n3)CC2)c1C. The van der Waals surface area contributed by atoms with E-state index in [0.717, 1.165) is 51.0 Å². The number of unbranched alkanes of at least 4 members (excludes halogenated alkanes) is 1. The first kappa shape index (κ1) is 21.1. The normalized spacial score (nSPS) is 14.5. The number of rotatable bonds is 7. The first-order valence-electron chi connectivity index (χ1n) is 11.1. The Hall–Kier alpha value is -3.10. The second kappa shape index (κ2) is 9.80. The summed E-state index contributed by atoms with van der Waals surface area (Å²) in [6.07, 6.45) is 2.11. The first-order chi connectivity index (χ1) is 15.2. The summed E-state index contributed by atoms with van der Waals surface area (Å²) >= 11 is 0. The number of nitriles is 1. The van der Waals surface area contributed by atoms with Crippen molar-refractivity contribution in [3.63, 3.8) is 0 Å². The Kier molecular flexibility index (Phi) is 6.69. The van der Waals surface area contributed by atoms with Crippen LogP contribution in [0.3, 0.4) is 0 Å². The lowest BCUT2D eigenvalue weighted by atomic mass is 10.1. The lowest BCUT2D eigenvalue weighted by molar-refractivity contribution is 0.236. The zero-order valence-corrected chi connectivity index (χ0v) is 18.5. The van der Waals surface area contributed by atoms with Crippen LogP contribution < -0.4 is 9.64 Å². The number of anilines is 1. The van der Waals surface area contributed by atoms with Crippen LogP contribution >= 0.6 is 0 Å². The second-order valence-corrected chi connectivity index (χ2v) is 8.24. The summed E-state index contributed by atoms with van der Waals surface area (Å²) in [4.78, 5) is 9.59. The van der Waals surface area contributed by atoms with Crippen molar-refractivity contribution >= 4 is 16.6 Å². The van der Waals surface area contributed by atoms with Crippen molar-refractivity contribution in [2.45, 2.75) is 26.7 Å². The van der Waals surface area contributed by atoms with Crippen molar-refractivity contribution in [1.82, 2.24) is 9.88 Å². The van der Waals surface area contributed by atoms with E-state index in [-0.39, 0.29) is 0 Å². The van der Waals surface area contributed by atoms with Gasteiger partial charge in [0.2, 0.25) is 5.88 Å². The number of hydrogen-bond acceptors (Lipinski definition) is 5. The number of fused-ring (bicyclic) bond motifs is 1. The van der Waals surface area contributed by atoms with Gasteiger partial charge in [-0.15, -0.1) is 0 Å². The van der Waals surface area contributed by atoms with Crippen LogP contribution in [0.4, 0.5) is 5.69 Å². The molecule has 1 fully saturated rings. The fraction of sp³-hybridized carbons (Fsp3) is 0.385. The van der Waals surface area contributed by atoms with Gasteiger partial charge in [0, 0.05) is 43.3 Å². The number of aromatic nitrogens is 1. The van der Waals surface area contributed by atoms with Crippen LogP contribution in [0.5, 0.6) is 5.88 Å². The average molecular weight is 415 g/mol. The molecule has 0 unspecified atom stereocenters. The number of pyridine rings is 1. The summed E-state index contributed by atoms with van der Waals surface area (Å²) in [5.74, 6) is 0.595. The molecule has 0 radical (unpaired) electrons. The van der Waals surface area contributed by atoms with E-state index >= 15 is 0 Å². The molecule has 0 spiro atoms. The molecule has 5 heteroatoms. The maximum atomic E-state index is 9.26. The van der Waals surface area contributed by atoms with Crippen LogP contribution in [0.2, 0.25) is 0 Å². The first-order valence-corrected chi connectivity index (χ1v) is 11.1. The maximum absolute atomic E-state index is 9.26. The third-order valence-electron chi connectivity index (χ3n) is 6.22. The summed E-state index contributed by atoms with van der Waals surface area (Å²) in [6, 6.07) is 18.3. The van der Waals surface area contributed by atoms with Crippen molar-refractivity contribution in [2.75, 3.05) is 44.2 Å². The number of nitrogens with zero attached hydrogens (tertiary/aromatic N) is 4. The predicted molar refractivity (Wildman–Crippen MR) is 126 cm³/mol. The molecular formula is C26H30N4O. The van der Waals surface area contributed by atoms with Crippen LogP contribution in [0, 0.1) is 25.2 Å². The molecule has 1 aromatic heterocycles. The molecule has 4 rings (SSSR count). The molecule has 1 aliphatic rings. The van der Waals surface area contributed by atoms with Gasteiger partial charge in [-0.2, -0.15) is 5.26 Å². The van der Waals surface area contributed by atoms with Crippen LogP contribution in [0.15, 0.2) is 48.5 Å². The van der Waals surface area contributed by atoms with E-state index in [1.54, 1.807) is 6.07 Å². The third kappa shape index (κ3) is 4.98. The van der Waals surface area contributed by atoms with Crippen molar-refractivity contribution in [2.24, 2.45) is 0 Å². The highest BCUT2D eigenvalue weighted by Gasteiger charge is 2.18. The topological polar surface area (TPSA) is 52.4 Å². The second-order valence-electron chi connectivity index (χ2n) is 8.24. The highest BCUT2D eigenvalue weighted by atomic mass is 16.5. The highest BCUT2D eigenvalue weighted by Crippen LogP contribution is 2.24. The van der Waals surface area contributed by atoms with Gasteiger partial charge in [0.25, 0.3) is 0 Å². The Morgan fingerprint density at radius 1 is 0.968 bits per heavy atom. The number of hydrogen-bond donors (Lipinski definition) is 0. The quantitative estimate of drug-likeness (QED) is 0.524. The van der Waals surface area contributed by atoms with E-state index in [9.17, 15) is 5.26 Å². The smallest absolute Gasteiger partial charge is 0.213 e. The lowest BCUT2D eigenvalue weighted by Gasteiger charge is -2.37. The number of para-hydroxylation sites is 1. The van der Waals surface area contributed by atoms with Crippen molar-refractivity contribution in [3.05, 3.63) is 65.2 Å². The van der Waals surface area contributed by atoms with Gasteiger partial charge in [-0.3, -0.25) is 4.90 Å². The van der Waals surface area contributed by atoms with Crippen molar-refractivity contribution in [1.29, 1.82) is 5.26 Å². The van der Waals surface area contributed by atoms with Gasteiger partial charge in [0.05, 0.1) is 17.7 Å². The summed E-state index contributed by atoms with van der Waals surface area (Å²) in [6.45, 7) is 10.6. The van der Waals surface area contributed by atoms with Crippen LogP contribution in [0.1, 0.15) is 29.5 Å². The molecule has 0 amide bonds. The Morgan fingerprint density at radius 2 is 1.77 bits per heavy atom. The molecule has 0 atom stereocenters. The van der Waals surface area contributed by atoms with Gasteiger partial charge in [-0.25, -0.2) is 4.98 Å². The number of ether oxygens (including phenoxy) is 1. The molecule has 2 heterocycles. The molecule has 31 heavy (non-hydrogen) atoms. The van der Waals surface area contributed by atoms with Gasteiger partial charge < -0.3 is 9.64 Å². The largest absolute Gasteiger partial charge is 0.478 e. The van der Waals surface area contributed by atoms with Gasteiger partial charge >= 0.3 is 0 Å². The van der Waals surface area contributed by atoms with Crippen LogP contribution in [0.25, 0.3) is 10.9 Å². The number of piperazine rings is 1. The molecule has 3 aromatic rings. The number of benzene rings is 2. The fourth-order valence-electron chi connectivity index (χ4n) is 4.20. The van der Waals surface area contributed by atoms with Gasteiger partial charge in [-0.1, -0.05) is 24.3 Å². The monoisotopic (exact) mass is 414 g/mol. The van der Waals surface area contributed by atoms with E-state index in [1.807, 2.05) is 24.3 Å². The van der Waals surface area contributed by atoms with E-state index in [0.29, 0.717) is 23.6 Å². The van der Waals surface area contributed by atoms with E-state index in [4.69, 9.17) is 4.74 Å². The van der Waals surface area contributed by atoms with Crippen LogP contribution in [-0.2, 0) is 0 Å². The molecule has 0 aliphatic carbocycles. The lowest BCUT2D eigenvalue weighted by Crippen LogP contribution is -2.46. The standard InChI is InChI=1S/C26H30N4O/c1-20-7-5-10-24(21(20)2)30-16-14-29(15-17-30)13-3-4-18-31-25-12-11-22-8-6-9-23(19-27)26(22)28-25/h5-12H,3-4,13-18H2,1-2H3. The fourth-order valence-corrected chi connectivity index (χ4v) is 4.20. The van der Waals surface area contributed by atoms with Crippen LogP contribution in [-0.4, -0.2) is 49.2 Å². The minimum Gasteiger partial charge on any atom is -0.478 e. The Morgan fingerprint density at radius 3 is 2.58 bits per heavy atom. The van der Waals surface area contributed by atoms with Gasteiger partial charge in [-0.05, 0) is 62.6 Å². The third-order valence-corrected chi connectivity index (χ3v) is 6.22. The molecule has 0 bridgehead atoms. The number of aryl methyl sites for hydroxylation is 1. The molecule has 2 aromatic carbocycles. The van der Waals surface area contributed by atoms with E-state index in [1.165, 1.54) is 16.8 Å². The molecule has 5 nitrogen and oxygen atoms in total. The van der Waals surface area contributed by atoms with Crippen molar-refractivity contribution in [3.8, 4) is 11.9 Å². The Bertz CT molecular complexity index is 1080. The van der Waals surface area contributed by atoms with Gasteiger partial charge in [0.1, 0.15) is 6.07 Å². The summed E-state index contributed by atoms with van der Waals surface area (Å²) in [7, 11) is 0. The van der Waals surface area contributed by atoms with E-state index < -0.39 is 0 Å².